The summed E-state index contributed by atoms with van der Waals surface area (Å²) in [7, 11) is 0. The molecular formula is C34H40Cl2N6O6. The molecule has 2 saturated carbocycles. The van der Waals surface area contributed by atoms with E-state index < -0.39 is 17.5 Å². The van der Waals surface area contributed by atoms with Gasteiger partial charge in [0.15, 0.2) is 11.6 Å². The third-order valence-electron chi connectivity index (χ3n) is 8.37. The fraction of sp³-hybridized carbons (Fsp3) is 0.471. The summed E-state index contributed by atoms with van der Waals surface area (Å²) < 4.78 is 19.9. The van der Waals surface area contributed by atoms with E-state index in [0.717, 1.165) is 0 Å². The topological polar surface area (TPSA) is 143 Å². The van der Waals surface area contributed by atoms with Crippen molar-refractivity contribution in [3.63, 3.8) is 0 Å². The average Bonchev–Trinajstić information content (AvgIpc) is 3.66. The number of aromatic nitrogens is 6. The zero-order valence-corrected chi connectivity index (χ0v) is 29.2. The maximum absolute atomic E-state index is 12.2. The Balaban J connectivity index is 0.000000190. The van der Waals surface area contributed by atoms with E-state index in [1.807, 2.05) is 0 Å². The lowest BCUT2D eigenvalue weighted by Crippen LogP contribution is -2.32. The van der Waals surface area contributed by atoms with Crippen molar-refractivity contribution in [2.24, 2.45) is 10.8 Å². The number of hydrogen-bond donors (Lipinski definition) is 1. The van der Waals surface area contributed by atoms with Gasteiger partial charge in [0.1, 0.15) is 15.9 Å². The average molecular weight is 700 g/mol. The highest BCUT2D eigenvalue weighted by Crippen LogP contribution is 2.41. The van der Waals surface area contributed by atoms with E-state index in [2.05, 4.69) is 34.0 Å². The van der Waals surface area contributed by atoms with Gasteiger partial charge in [0.05, 0.1) is 24.3 Å². The first-order chi connectivity index (χ1) is 22.6. The molecule has 48 heavy (non-hydrogen) atoms. The lowest BCUT2D eigenvalue weighted by Gasteiger charge is -2.37. The van der Waals surface area contributed by atoms with Crippen molar-refractivity contribution in [2.75, 3.05) is 13.2 Å². The molecule has 0 spiro atoms. The van der Waals surface area contributed by atoms with Gasteiger partial charge in [-0.1, -0.05) is 49.9 Å². The van der Waals surface area contributed by atoms with E-state index in [-0.39, 0.29) is 32.3 Å². The van der Waals surface area contributed by atoms with E-state index in [9.17, 15) is 9.59 Å². The summed E-state index contributed by atoms with van der Waals surface area (Å²) in [6, 6.07) is 9.78. The number of rotatable bonds is 10. The normalized spacial score (nSPS) is 16.1. The minimum atomic E-state index is -1.11. The zero-order chi connectivity index (χ0) is 34.7. The number of halogens is 2. The van der Waals surface area contributed by atoms with Gasteiger partial charge in [0, 0.05) is 35.4 Å². The molecule has 6 rings (SSSR count). The van der Waals surface area contributed by atoms with Crippen LogP contribution in [0.25, 0.3) is 11.6 Å². The second-order valence-corrected chi connectivity index (χ2v) is 14.6. The highest BCUT2D eigenvalue weighted by Gasteiger charge is 2.33. The molecule has 4 aromatic heterocycles. The molecule has 2 aliphatic rings. The molecule has 4 heterocycles. The zero-order valence-electron chi connectivity index (χ0n) is 27.7. The second kappa shape index (κ2) is 14.1. The van der Waals surface area contributed by atoms with Gasteiger partial charge in [-0.15, -0.1) is 10.2 Å². The van der Waals surface area contributed by atoms with Gasteiger partial charge in [0.25, 0.3) is 0 Å². The number of carboxylic acids is 1. The molecule has 4 aromatic rings. The fourth-order valence-corrected chi connectivity index (χ4v) is 5.58. The van der Waals surface area contributed by atoms with E-state index >= 15 is 0 Å². The largest absolute Gasteiger partial charge is 0.478 e. The number of esters is 1. The predicted octanol–water partition coefficient (Wildman–Crippen LogP) is 7.63. The quantitative estimate of drug-likeness (QED) is 0.130. The Bertz CT molecular complexity index is 1770. The third-order valence-corrected chi connectivity index (χ3v) is 8.95. The summed E-state index contributed by atoms with van der Waals surface area (Å²) in [5, 5.41) is 17.6. The predicted molar refractivity (Wildman–Crippen MR) is 180 cm³/mol. The summed E-state index contributed by atoms with van der Waals surface area (Å²) in [5.41, 5.74) is 0.123. The molecule has 12 nitrogen and oxygen atoms in total. The first-order valence-electron chi connectivity index (χ1n) is 15.8. The molecule has 14 heteroatoms. The van der Waals surface area contributed by atoms with Gasteiger partial charge in [-0.3, -0.25) is 0 Å². The Kier molecular flexibility index (Phi) is 10.4. The molecule has 1 N–H and O–H groups in total. The molecule has 0 unspecified atom stereocenters. The van der Waals surface area contributed by atoms with Crippen LogP contribution in [0.4, 0.5) is 0 Å². The van der Waals surface area contributed by atoms with Gasteiger partial charge in [-0.25, -0.2) is 28.9 Å². The van der Waals surface area contributed by atoms with Crippen LogP contribution in [0.2, 0.25) is 10.3 Å². The first kappa shape index (κ1) is 35.2. The lowest BCUT2D eigenvalue weighted by atomic mass is 9.71. The maximum atomic E-state index is 12.2. The standard InChI is InChI=1S/C19H24ClN3O3.C15H16ClN3O3/c1-18(2,3)26-17(24)13-6-7-14(21-16(13)20)23-11-8-15(22-23)25-12-19(4)9-5-10-19;1-15(6-2-7-15)9-22-12-5-8-19(18-12)11-4-3-10(14(20)21)13(16)17-11/h6-8,11H,5,9-10,12H2,1-4H3;3-5,8H,2,6-7,9H2,1H3,(H,20,21). The monoisotopic (exact) mass is 698 g/mol. The Labute approximate surface area is 289 Å². The van der Waals surface area contributed by atoms with Crippen LogP contribution in [0.3, 0.4) is 0 Å². The first-order valence-corrected chi connectivity index (χ1v) is 16.6. The number of carbonyl (C=O) groups is 2. The number of aromatic carboxylic acids is 1. The molecule has 0 atom stereocenters. The molecule has 0 saturated heterocycles. The molecule has 0 amide bonds. The number of carbonyl (C=O) groups excluding carboxylic acids is 1. The maximum Gasteiger partial charge on any atom is 0.341 e. The van der Waals surface area contributed by atoms with Crippen LogP contribution in [0, 0.1) is 10.8 Å². The Hall–Kier alpha value is -4.16. The highest BCUT2D eigenvalue weighted by atomic mass is 35.5. The van der Waals surface area contributed by atoms with Crippen molar-refractivity contribution in [3.05, 3.63) is 70.2 Å². The van der Waals surface area contributed by atoms with Crippen molar-refractivity contribution in [1.82, 2.24) is 29.5 Å². The Morgan fingerprint density at radius 2 is 1.21 bits per heavy atom. The summed E-state index contributed by atoms with van der Waals surface area (Å²) in [5.74, 6) is 0.411. The van der Waals surface area contributed by atoms with Crippen LogP contribution in [0.1, 0.15) is 93.9 Å². The number of ether oxygens (including phenoxy) is 3. The molecule has 2 fully saturated rings. The summed E-state index contributed by atoms with van der Waals surface area (Å²) >= 11 is 12.0. The van der Waals surface area contributed by atoms with Gasteiger partial charge < -0.3 is 19.3 Å². The Morgan fingerprint density at radius 3 is 1.56 bits per heavy atom. The number of pyridine rings is 2. The van der Waals surface area contributed by atoms with Gasteiger partial charge >= 0.3 is 11.9 Å². The van der Waals surface area contributed by atoms with Crippen LogP contribution >= 0.6 is 23.2 Å². The molecule has 0 radical (unpaired) electrons. The van der Waals surface area contributed by atoms with Gasteiger partial charge in [-0.05, 0) is 70.7 Å². The Morgan fingerprint density at radius 1 is 0.771 bits per heavy atom. The molecule has 2 aliphatic carbocycles. The van der Waals surface area contributed by atoms with Crippen LogP contribution in [0.15, 0.2) is 48.8 Å². The van der Waals surface area contributed by atoms with Crippen molar-refractivity contribution in [2.45, 2.75) is 78.7 Å². The van der Waals surface area contributed by atoms with E-state index in [4.69, 9.17) is 42.5 Å². The molecule has 0 aromatic carbocycles. The smallest absolute Gasteiger partial charge is 0.341 e. The number of carboxylic acid groups (broad SMARTS) is 1. The van der Waals surface area contributed by atoms with Crippen LogP contribution < -0.4 is 9.47 Å². The van der Waals surface area contributed by atoms with Crippen molar-refractivity contribution < 1.29 is 28.9 Å². The summed E-state index contributed by atoms with van der Waals surface area (Å²) in [6.07, 6.45) is 10.7. The van der Waals surface area contributed by atoms with Gasteiger partial charge in [-0.2, -0.15) is 0 Å². The molecule has 0 aliphatic heterocycles. The van der Waals surface area contributed by atoms with Crippen LogP contribution in [-0.2, 0) is 4.74 Å². The summed E-state index contributed by atoms with van der Waals surface area (Å²) in [6.45, 7) is 11.2. The van der Waals surface area contributed by atoms with E-state index in [1.165, 1.54) is 49.3 Å². The number of hydrogen-bond acceptors (Lipinski definition) is 9. The summed E-state index contributed by atoms with van der Waals surface area (Å²) in [4.78, 5) is 31.4. The van der Waals surface area contributed by atoms with Crippen LogP contribution in [-0.4, -0.2) is 65.4 Å². The second-order valence-electron chi connectivity index (χ2n) is 13.9. The lowest BCUT2D eigenvalue weighted by molar-refractivity contribution is 0.00690. The molecular weight excluding hydrogens is 659 g/mol. The van der Waals surface area contributed by atoms with Crippen molar-refractivity contribution >= 4 is 35.1 Å². The van der Waals surface area contributed by atoms with Gasteiger partial charge in [0.2, 0.25) is 11.8 Å². The minimum Gasteiger partial charge on any atom is -0.478 e. The highest BCUT2D eigenvalue weighted by molar-refractivity contribution is 6.32. The molecule has 0 bridgehead atoms. The fourth-order valence-electron chi connectivity index (χ4n) is 5.12. The number of nitrogens with zero attached hydrogens (tertiary/aromatic N) is 6. The van der Waals surface area contributed by atoms with Crippen LogP contribution in [0.5, 0.6) is 11.8 Å². The van der Waals surface area contributed by atoms with Crippen molar-refractivity contribution in [1.29, 1.82) is 0 Å². The minimum absolute atomic E-state index is 0.0352. The third kappa shape index (κ3) is 8.84. The van der Waals surface area contributed by atoms with Crippen molar-refractivity contribution in [3.8, 4) is 23.4 Å². The van der Waals surface area contributed by atoms with E-state index in [0.29, 0.717) is 36.6 Å². The SMILES string of the molecule is CC1(COc2ccn(-c3ccc(C(=O)O)c(Cl)n3)n2)CCC1.CC1(COc2ccn(-c3ccc(C(=O)OC(C)(C)C)c(Cl)n3)n2)CCC1. The molecule has 256 valence electrons. The van der Waals surface area contributed by atoms with E-state index in [1.54, 1.807) is 68.2 Å².